The van der Waals surface area contributed by atoms with Crippen molar-refractivity contribution in [3.63, 3.8) is 0 Å². The lowest BCUT2D eigenvalue weighted by Gasteiger charge is -2.20. The van der Waals surface area contributed by atoms with Crippen molar-refractivity contribution in [2.75, 3.05) is 7.11 Å². The van der Waals surface area contributed by atoms with Crippen molar-refractivity contribution < 1.29 is 9.47 Å². The van der Waals surface area contributed by atoms with Crippen LogP contribution in [0.4, 0.5) is 0 Å². The van der Waals surface area contributed by atoms with Gasteiger partial charge in [-0.3, -0.25) is 4.79 Å². The second kappa shape index (κ2) is 10.2. The fraction of sp³-hybridized carbons (Fsp3) is 0.222. The van der Waals surface area contributed by atoms with Gasteiger partial charge in [0, 0.05) is 14.9 Å². The molecule has 0 saturated heterocycles. The molecule has 0 N–H and O–H groups in total. The van der Waals surface area contributed by atoms with Crippen molar-refractivity contribution in [2.45, 2.75) is 32.8 Å². The smallest absolute Gasteiger partial charge is 0.282 e. The maximum Gasteiger partial charge on any atom is 0.282 e. The van der Waals surface area contributed by atoms with E-state index in [2.05, 4.69) is 21.0 Å². The number of benzene rings is 3. The van der Waals surface area contributed by atoms with Crippen molar-refractivity contribution in [3.05, 3.63) is 97.5 Å². The number of aromatic nitrogens is 2. The SMILES string of the molecule is COc1cc(C=Nn2c(C(C)(C)C)nc3ccc(Br)cc3c2=O)ccc1OCc1ccc(Cl)cc1. The first-order valence-electron chi connectivity index (χ1n) is 11.0. The van der Waals surface area contributed by atoms with Gasteiger partial charge < -0.3 is 9.47 Å². The average molecular weight is 555 g/mol. The summed E-state index contributed by atoms with van der Waals surface area (Å²) in [5, 5.41) is 5.69. The number of nitrogens with zero attached hydrogens (tertiary/aromatic N) is 3. The van der Waals surface area contributed by atoms with Crippen LogP contribution in [0.2, 0.25) is 5.02 Å². The summed E-state index contributed by atoms with van der Waals surface area (Å²) in [5.41, 5.74) is 1.76. The van der Waals surface area contributed by atoms with Crippen molar-refractivity contribution >= 4 is 44.6 Å². The van der Waals surface area contributed by atoms with Gasteiger partial charge in [-0.2, -0.15) is 9.78 Å². The lowest BCUT2D eigenvalue weighted by molar-refractivity contribution is 0.284. The molecule has 3 aromatic carbocycles. The zero-order valence-electron chi connectivity index (χ0n) is 19.9. The van der Waals surface area contributed by atoms with Gasteiger partial charge >= 0.3 is 0 Å². The third-order valence-electron chi connectivity index (χ3n) is 5.30. The fourth-order valence-corrected chi connectivity index (χ4v) is 3.98. The van der Waals surface area contributed by atoms with Gasteiger partial charge in [-0.25, -0.2) is 4.98 Å². The predicted octanol–water partition coefficient (Wildman–Crippen LogP) is 6.58. The van der Waals surface area contributed by atoms with Crippen molar-refractivity contribution in [3.8, 4) is 11.5 Å². The van der Waals surface area contributed by atoms with Crippen LogP contribution in [0.3, 0.4) is 0 Å². The van der Waals surface area contributed by atoms with E-state index >= 15 is 0 Å². The van der Waals surface area contributed by atoms with E-state index in [4.69, 9.17) is 26.1 Å². The Morgan fingerprint density at radius 1 is 1.06 bits per heavy atom. The molecule has 1 aromatic heterocycles. The number of rotatable bonds is 6. The van der Waals surface area contributed by atoms with Gasteiger partial charge in [0.15, 0.2) is 11.5 Å². The van der Waals surface area contributed by atoms with Crippen molar-refractivity contribution in [2.24, 2.45) is 5.10 Å². The Bertz CT molecular complexity index is 1460. The Hall–Kier alpha value is -3.16. The molecule has 0 aliphatic heterocycles. The highest BCUT2D eigenvalue weighted by atomic mass is 79.9. The lowest BCUT2D eigenvalue weighted by Crippen LogP contribution is -2.29. The first-order chi connectivity index (χ1) is 16.7. The molecule has 4 aromatic rings. The van der Waals surface area contributed by atoms with Crippen LogP contribution in [0.15, 0.2) is 75.0 Å². The summed E-state index contributed by atoms with van der Waals surface area (Å²) in [6.45, 7) is 6.38. The van der Waals surface area contributed by atoms with Gasteiger partial charge in [0.25, 0.3) is 5.56 Å². The maximum atomic E-state index is 13.3. The predicted molar refractivity (Wildman–Crippen MR) is 144 cm³/mol. The quantitative estimate of drug-likeness (QED) is 0.253. The Kier molecular flexibility index (Phi) is 7.28. The zero-order chi connectivity index (χ0) is 25.2. The molecule has 0 amide bonds. The molecule has 0 aliphatic carbocycles. The highest BCUT2D eigenvalue weighted by Gasteiger charge is 2.23. The number of fused-ring (bicyclic) bond motifs is 1. The summed E-state index contributed by atoms with van der Waals surface area (Å²) in [6.07, 6.45) is 1.62. The monoisotopic (exact) mass is 553 g/mol. The van der Waals surface area contributed by atoms with Crippen LogP contribution < -0.4 is 15.0 Å². The molecule has 35 heavy (non-hydrogen) atoms. The standard InChI is InChI=1S/C27H25BrClN3O3/c1-27(2,3)26-31-22-11-8-19(28)14-21(22)25(33)32(26)30-15-18-7-12-23(24(13-18)34-4)35-16-17-5-9-20(29)10-6-17/h5-15H,16H2,1-4H3. The summed E-state index contributed by atoms with van der Waals surface area (Å²) >= 11 is 9.38. The summed E-state index contributed by atoms with van der Waals surface area (Å²) in [6, 6.07) is 18.4. The number of halogens is 2. The summed E-state index contributed by atoms with van der Waals surface area (Å²) in [7, 11) is 1.58. The molecular weight excluding hydrogens is 530 g/mol. The zero-order valence-corrected chi connectivity index (χ0v) is 22.2. The molecule has 0 fully saturated rings. The van der Waals surface area contributed by atoms with Gasteiger partial charge in [0.1, 0.15) is 12.4 Å². The van der Waals surface area contributed by atoms with Gasteiger partial charge in [-0.15, -0.1) is 0 Å². The fourth-order valence-electron chi connectivity index (χ4n) is 3.49. The van der Waals surface area contributed by atoms with Gasteiger partial charge in [-0.1, -0.05) is 60.4 Å². The van der Waals surface area contributed by atoms with Crippen LogP contribution in [-0.2, 0) is 12.0 Å². The molecule has 0 spiro atoms. The number of hydrogen-bond acceptors (Lipinski definition) is 5. The molecule has 0 bridgehead atoms. The lowest BCUT2D eigenvalue weighted by atomic mass is 9.95. The normalized spacial score (nSPS) is 11.8. The Morgan fingerprint density at radius 2 is 1.80 bits per heavy atom. The largest absolute Gasteiger partial charge is 0.493 e. The first-order valence-corrected chi connectivity index (χ1v) is 12.2. The minimum atomic E-state index is -0.394. The van der Waals surface area contributed by atoms with Gasteiger partial charge in [-0.05, 0) is 59.7 Å². The highest BCUT2D eigenvalue weighted by molar-refractivity contribution is 9.10. The van der Waals surface area contributed by atoms with Crippen LogP contribution in [-0.4, -0.2) is 23.0 Å². The molecular formula is C27H25BrClN3O3. The average Bonchev–Trinajstić information content (AvgIpc) is 2.83. The van der Waals surface area contributed by atoms with E-state index in [9.17, 15) is 4.79 Å². The molecule has 0 saturated carbocycles. The van der Waals surface area contributed by atoms with E-state index < -0.39 is 5.41 Å². The second-order valence-corrected chi connectivity index (χ2v) is 10.4. The Morgan fingerprint density at radius 3 is 2.49 bits per heavy atom. The minimum Gasteiger partial charge on any atom is -0.493 e. The van der Waals surface area contributed by atoms with E-state index in [0.717, 1.165) is 15.6 Å². The first kappa shape index (κ1) is 24.9. The maximum absolute atomic E-state index is 13.3. The van der Waals surface area contributed by atoms with E-state index in [1.54, 1.807) is 19.4 Å². The molecule has 0 aliphatic rings. The molecule has 1 heterocycles. The Labute approximate surface area is 217 Å². The molecule has 6 nitrogen and oxygen atoms in total. The number of ether oxygens (including phenoxy) is 2. The number of hydrogen-bond donors (Lipinski definition) is 0. The molecule has 0 radical (unpaired) electrons. The minimum absolute atomic E-state index is 0.229. The topological polar surface area (TPSA) is 65.7 Å². The van der Waals surface area contributed by atoms with Crippen molar-refractivity contribution in [1.29, 1.82) is 0 Å². The van der Waals surface area contributed by atoms with E-state index in [-0.39, 0.29) is 5.56 Å². The second-order valence-electron chi connectivity index (χ2n) is 9.03. The van der Waals surface area contributed by atoms with Crippen LogP contribution in [0.5, 0.6) is 11.5 Å². The van der Waals surface area contributed by atoms with Crippen LogP contribution in [0.25, 0.3) is 10.9 Å². The summed E-state index contributed by atoms with van der Waals surface area (Å²) in [5.74, 6) is 1.74. The number of methoxy groups -OCH3 is 1. The summed E-state index contributed by atoms with van der Waals surface area (Å²) in [4.78, 5) is 18.1. The molecule has 0 atom stereocenters. The third kappa shape index (κ3) is 5.74. The van der Waals surface area contributed by atoms with E-state index in [1.165, 1.54) is 4.68 Å². The molecule has 180 valence electrons. The van der Waals surface area contributed by atoms with Crippen LogP contribution in [0.1, 0.15) is 37.7 Å². The molecule has 0 unspecified atom stereocenters. The van der Waals surface area contributed by atoms with E-state index in [1.807, 2.05) is 75.4 Å². The van der Waals surface area contributed by atoms with Gasteiger partial charge in [0.05, 0.1) is 24.2 Å². The summed E-state index contributed by atoms with van der Waals surface area (Å²) < 4.78 is 13.6. The Balaban J connectivity index is 1.66. The van der Waals surface area contributed by atoms with Crippen LogP contribution in [0, 0.1) is 0 Å². The van der Waals surface area contributed by atoms with Crippen molar-refractivity contribution in [1.82, 2.24) is 9.66 Å². The van der Waals surface area contributed by atoms with Gasteiger partial charge in [0.2, 0.25) is 0 Å². The van der Waals surface area contributed by atoms with E-state index in [0.29, 0.717) is 39.9 Å². The van der Waals surface area contributed by atoms with Crippen LogP contribution >= 0.6 is 27.5 Å². The molecule has 8 heteroatoms. The third-order valence-corrected chi connectivity index (χ3v) is 6.04. The molecule has 4 rings (SSSR count). The highest BCUT2D eigenvalue weighted by Crippen LogP contribution is 2.29.